The molecule has 278 valence electrons. The molecule has 1 saturated carbocycles. The molecule has 2 atom stereocenters. The molecule has 2 aromatic carbocycles. The average Bonchev–Trinajstić information content (AvgIpc) is 3.32. The van der Waals surface area contributed by atoms with Crippen LogP contribution < -0.4 is 9.50 Å². The highest BCUT2D eigenvalue weighted by molar-refractivity contribution is 7.87. The number of hydrogen-bond acceptors (Lipinski definition) is 8. The highest BCUT2D eigenvalue weighted by Gasteiger charge is 2.31. The number of rotatable bonds is 10. The smallest absolute Gasteiger partial charge is 0.390 e. The minimum atomic E-state index is -4.62. The molecule has 0 saturated heterocycles. The van der Waals surface area contributed by atoms with Crippen LogP contribution in [0, 0.1) is 6.92 Å². The molecule has 3 aromatic rings. The summed E-state index contributed by atoms with van der Waals surface area (Å²) < 4.78 is 129. The second-order valence-electron chi connectivity index (χ2n) is 11.1. The lowest BCUT2D eigenvalue weighted by Crippen LogP contribution is -2.45. The molecule has 1 heterocycles. The van der Waals surface area contributed by atoms with Crippen molar-refractivity contribution in [3.8, 4) is 22.7 Å². The van der Waals surface area contributed by atoms with E-state index in [1.54, 1.807) is 35.0 Å². The first-order valence-corrected chi connectivity index (χ1v) is 18.9. The maximum atomic E-state index is 12.5. The lowest BCUT2D eigenvalue weighted by Gasteiger charge is -2.29. The molecule has 0 amide bonds. The molecular weight excluding hydrogens is 783 g/mol. The number of nitrogens with zero attached hydrogens (tertiary/aromatic N) is 2. The van der Waals surface area contributed by atoms with E-state index in [-0.39, 0.29) is 11.8 Å². The second-order valence-corrected chi connectivity index (χ2v) is 15.7. The molecule has 1 aliphatic carbocycles. The SMILES string of the molecule is Cc1c(C(=S)NC2CCCCC2O)nn(-c2ccc(Cl)cc2Cl)c1-c1ccc(OS(=O)(=O)CCC(F)(F)F)cc1.O=S(=O)(O)CCC(F)(F)F. The van der Waals surface area contributed by atoms with E-state index in [1.165, 1.54) is 12.1 Å². The fraction of sp³-hybridized carbons (Fsp3) is 0.448. The van der Waals surface area contributed by atoms with E-state index in [2.05, 4.69) is 5.32 Å². The molecule has 10 nitrogen and oxygen atoms in total. The van der Waals surface area contributed by atoms with E-state index in [9.17, 15) is 48.3 Å². The summed E-state index contributed by atoms with van der Waals surface area (Å²) in [7, 11) is -8.93. The summed E-state index contributed by atoms with van der Waals surface area (Å²) in [6.07, 6.45) is -9.34. The van der Waals surface area contributed by atoms with Gasteiger partial charge in [0.05, 0.1) is 52.9 Å². The highest BCUT2D eigenvalue weighted by Crippen LogP contribution is 2.34. The summed E-state index contributed by atoms with van der Waals surface area (Å²) in [5.74, 6) is -2.60. The van der Waals surface area contributed by atoms with E-state index >= 15 is 0 Å². The monoisotopic (exact) mass is 813 g/mol. The van der Waals surface area contributed by atoms with Gasteiger partial charge in [-0.3, -0.25) is 4.55 Å². The predicted octanol–water partition coefficient (Wildman–Crippen LogP) is 7.21. The van der Waals surface area contributed by atoms with Crippen LogP contribution in [-0.2, 0) is 20.2 Å². The molecule has 0 spiro atoms. The zero-order valence-electron chi connectivity index (χ0n) is 25.9. The Morgan fingerprint density at radius 1 is 0.980 bits per heavy atom. The number of aliphatic hydroxyl groups is 1. The van der Waals surface area contributed by atoms with Crippen LogP contribution in [0.3, 0.4) is 0 Å². The topological polar surface area (TPSA) is 148 Å². The van der Waals surface area contributed by atoms with Gasteiger partial charge in [0.25, 0.3) is 10.1 Å². The first kappa shape index (κ1) is 41.7. The molecule has 1 aromatic heterocycles. The standard InChI is InChI=1S/C26H26Cl2F3N3O4S2.C3H5F3O3S/c1-15-23(25(39)32-20-4-2-3-5-22(20)35)33-34(21-11-8-17(27)14-19(21)28)24(15)16-6-9-18(10-7-16)38-40(36,37)13-12-26(29,30)31;4-3(5,6)1-2-10(7,8)9/h6-11,14,20,22,35H,2-5,12-13H2,1H3,(H,32,39);1-2H2,(H,7,8,9). The van der Waals surface area contributed by atoms with Crippen LogP contribution in [0.25, 0.3) is 16.9 Å². The lowest BCUT2D eigenvalue weighted by atomic mass is 9.92. The van der Waals surface area contributed by atoms with Crippen molar-refractivity contribution in [3.63, 3.8) is 0 Å². The minimum absolute atomic E-state index is 0.136. The zero-order chi connectivity index (χ0) is 37.7. The van der Waals surface area contributed by atoms with Crippen LogP contribution in [0.15, 0.2) is 42.5 Å². The summed E-state index contributed by atoms with van der Waals surface area (Å²) in [6, 6.07) is 10.5. The minimum Gasteiger partial charge on any atom is -0.391 e. The second kappa shape index (κ2) is 16.8. The predicted molar refractivity (Wildman–Crippen MR) is 179 cm³/mol. The quantitative estimate of drug-likeness (QED) is 0.0831. The molecule has 0 bridgehead atoms. The van der Waals surface area contributed by atoms with Gasteiger partial charge in [0.1, 0.15) is 16.4 Å². The van der Waals surface area contributed by atoms with E-state index < -0.39 is 63.0 Å². The Bertz CT molecular complexity index is 1870. The fourth-order valence-corrected chi connectivity index (χ4v) is 7.03. The van der Waals surface area contributed by atoms with Gasteiger partial charge in [-0.05, 0) is 62.2 Å². The number of nitrogens with one attached hydrogen (secondary N) is 1. The molecule has 3 N–H and O–H groups in total. The Kier molecular flexibility index (Phi) is 14.0. The van der Waals surface area contributed by atoms with Gasteiger partial charge < -0.3 is 14.6 Å². The van der Waals surface area contributed by atoms with Crippen LogP contribution in [0.4, 0.5) is 26.3 Å². The molecular formula is C29H31Cl2F6N3O7S3. The van der Waals surface area contributed by atoms with Gasteiger partial charge in [0.2, 0.25) is 0 Å². The van der Waals surface area contributed by atoms with E-state index in [1.807, 2.05) is 6.92 Å². The van der Waals surface area contributed by atoms with Gasteiger partial charge in [0.15, 0.2) is 0 Å². The Balaban J connectivity index is 0.000000588. The van der Waals surface area contributed by atoms with Gasteiger partial charge in [-0.25, -0.2) is 4.68 Å². The van der Waals surface area contributed by atoms with Gasteiger partial charge in [-0.2, -0.15) is 48.3 Å². The van der Waals surface area contributed by atoms with Gasteiger partial charge >= 0.3 is 22.5 Å². The zero-order valence-corrected chi connectivity index (χ0v) is 29.9. The van der Waals surface area contributed by atoms with Crippen molar-refractivity contribution in [2.45, 2.75) is 69.9 Å². The number of benzene rings is 2. The third kappa shape index (κ3) is 13.1. The van der Waals surface area contributed by atoms with Crippen LogP contribution in [0.1, 0.15) is 49.8 Å². The average molecular weight is 815 g/mol. The third-order valence-corrected chi connectivity index (χ3v) is 9.87. The molecule has 21 heteroatoms. The summed E-state index contributed by atoms with van der Waals surface area (Å²) in [5.41, 5.74) is 2.82. The molecule has 1 fully saturated rings. The van der Waals surface area contributed by atoms with Gasteiger partial charge in [-0.15, -0.1) is 0 Å². The van der Waals surface area contributed by atoms with Crippen LogP contribution in [-0.4, -0.2) is 77.3 Å². The van der Waals surface area contributed by atoms with Crippen molar-refractivity contribution < 1.29 is 57.0 Å². The van der Waals surface area contributed by atoms with Crippen LogP contribution in [0.5, 0.6) is 5.75 Å². The van der Waals surface area contributed by atoms with E-state index in [4.69, 9.17) is 49.3 Å². The molecule has 1 aliphatic rings. The Hall–Kier alpha value is -2.68. The summed E-state index contributed by atoms with van der Waals surface area (Å²) in [6.45, 7) is 1.81. The number of halogens is 8. The summed E-state index contributed by atoms with van der Waals surface area (Å²) in [5, 5.41) is 19.1. The Morgan fingerprint density at radius 3 is 2.08 bits per heavy atom. The normalized spacial score (nSPS) is 17.1. The van der Waals surface area contributed by atoms with Gasteiger partial charge in [0, 0.05) is 16.1 Å². The molecule has 2 unspecified atom stereocenters. The molecule has 4 rings (SSSR count). The molecule has 50 heavy (non-hydrogen) atoms. The van der Waals surface area contributed by atoms with Crippen molar-refractivity contribution in [1.29, 1.82) is 0 Å². The van der Waals surface area contributed by atoms with Crippen LogP contribution in [0.2, 0.25) is 10.0 Å². The van der Waals surface area contributed by atoms with E-state index in [0.29, 0.717) is 49.7 Å². The Labute approximate surface area is 299 Å². The van der Waals surface area contributed by atoms with Crippen molar-refractivity contribution in [2.75, 3.05) is 11.5 Å². The Morgan fingerprint density at radius 2 is 1.56 bits per heavy atom. The largest absolute Gasteiger partial charge is 0.391 e. The fourth-order valence-electron chi connectivity index (χ4n) is 4.74. The van der Waals surface area contributed by atoms with Crippen molar-refractivity contribution in [3.05, 3.63) is 63.8 Å². The number of hydrogen-bond donors (Lipinski definition) is 3. The van der Waals surface area contributed by atoms with Gasteiger partial charge in [-0.1, -0.05) is 48.3 Å². The number of aromatic nitrogens is 2. The number of alkyl halides is 6. The molecule has 0 radical (unpaired) electrons. The third-order valence-electron chi connectivity index (χ3n) is 7.15. The van der Waals surface area contributed by atoms with Crippen molar-refractivity contribution in [2.24, 2.45) is 0 Å². The highest BCUT2D eigenvalue weighted by atomic mass is 35.5. The summed E-state index contributed by atoms with van der Waals surface area (Å²) in [4.78, 5) is 0.351. The maximum Gasteiger partial charge on any atom is 0.390 e. The number of thiocarbonyl (C=S) groups is 1. The summed E-state index contributed by atoms with van der Waals surface area (Å²) >= 11 is 18.3. The first-order chi connectivity index (χ1) is 22.9. The van der Waals surface area contributed by atoms with Crippen molar-refractivity contribution >= 4 is 60.6 Å². The van der Waals surface area contributed by atoms with Crippen LogP contribution >= 0.6 is 35.4 Å². The van der Waals surface area contributed by atoms with Crippen molar-refractivity contribution in [1.82, 2.24) is 15.1 Å². The maximum absolute atomic E-state index is 12.5. The van der Waals surface area contributed by atoms with E-state index in [0.717, 1.165) is 19.3 Å². The lowest BCUT2D eigenvalue weighted by molar-refractivity contribution is -0.131. The first-order valence-electron chi connectivity index (χ1n) is 14.6. The number of aliphatic hydroxyl groups excluding tert-OH is 1. The molecule has 0 aliphatic heterocycles.